The summed E-state index contributed by atoms with van der Waals surface area (Å²) in [6.07, 6.45) is 19.2. The summed E-state index contributed by atoms with van der Waals surface area (Å²) < 4.78 is 5.32. The van der Waals surface area contributed by atoms with Crippen LogP contribution in [0.2, 0.25) is 0 Å². The number of unbranched alkanes of at least 4 members (excludes halogenated alkanes) is 5. The lowest BCUT2D eigenvalue weighted by atomic mass is 10.0. The minimum absolute atomic E-state index is 0.261. The first-order valence-corrected chi connectivity index (χ1v) is 31.2. The van der Waals surface area contributed by atoms with E-state index in [0.29, 0.717) is 12.0 Å². The Hall–Kier alpha value is -8.75. The smallest absolute Gasteiger partial charge is 0.221 e. The third kappa shape index (κ3) is 17.7. The van der Waals surface area contributed by atoms with Crippen molar-refractivity contribution in [3.63, 3.8) is 0 Å². The van der Waals surface area contributed by atoms with Gasteiger partial charge in [-0.1, -0.05) is 159 Å². The molecule has 0 saturated carbocycles. The van der Waals surface area contributed by atoms with Crippen molar-refractivity contribution >= 4 is 126 Å². The third-order valence-corrected chi connectivity index (χ3v) is 16.3. The number of nitrogens with zero attached hydrogens (tertiary/aromatic N) is 2. The normalized spacial score (nSPS) is 10.8. The second-order valence-corrected chi connectivity index (χ2v) is 24.2. The van der Waals surface area contributed by atoms with E-state index in [4.69, 9.17) is 22.5 Å². The first-order chi connectivity index (χ1) is 42.0. The predicted molar refractivity (Wildman–Crippen MR) is 365 cm³/mol. The van der Waals surface area contributed by atoms with Gasteiger partial charge in [0, 0.05) is 111 Å². The molecule has 444 valence electrons. The van der Waals surface area contributed by atoms with E-state index in [9.17, 15) is 19.2 Å². The largest absolute Gasteiger partial charge is 0.369 e. The van der Waals surface area contributed by atoms with Crippen molar-refractivity contribution in [2.45, 2.75) is 91.5 Å². The molecule has 0 fully saturated rings. The molecule has 3 amide bonds. The number of H-pyrrole nitrogens is 4. The van der Waals surface area contributed by atoms with Crippen LogP contribution in [0.15, 0.2) is 184 Å². The molecule has 0 aliphatic carbocycles. The van der Waals surface area contributed by atoms with Gasteiger partial charge in [0.2, 0.25) is 17.7 Å². The fourth-order valence-electron chi connectivity index (χ4n) is 10.5. The van der Waals surface area contributed by atoms with Crippen LogP contribution in [-0.4, -0.2) is 48.5 Å². The molecule has 0 aliphatic heterocycles. The molecule has 0 unspecified atom stereocenters. The van der Waals surface area contributed by atoms with Gasteiger partial charge in [0.1, 0.15) is 0 Å². The van der Waals surface area contributed by atoms with Gasteiger partial charge in [-0.3, -0.25) is 19.2 Å². The molecule has 5 heterocycles. The number of halogens is 3. The Bertz CT molecular complexity index is 4410. The molecule has 7 aromatic carbocycles. The Labute approximate surface area is 531 Å². The van der Waals surface area contributed by atoms with E-state index >= 15 is 0 Å². The quantitative estimate of drug-likeness (QED) is 0.0347. The number of aldehydes is 1. The molecule has 0 spiro atoms. The molecular formula is C71H70Br3N9O4. The number of hydrogen-bond donors (Lipinski definition) is 7. The number of fused-ring (bicyclic) bond motifs is 5. The van der Waals surface area contributed by atoms with E-state index in [0.717, 1.165) is 103 Å². The topological polar surface area (TPSA) is 238 Å². The Kier molecular flexibility index (Phi) is 22.9. The van der Waals surface area contributed by atoms with Crippen molar-refractivity contribution in [2.75, 3.05) is 0 Å². The number of nitrogens with two attached hydrogens (primary N) is 3. The van der Waals surface area contributed by atoms with Crippen LogP contribution < -0.4 is 17.2 Å². The number of amides is 3. The standard InChI is InChI=1S/C25H32N2O.C17H16N2O.C10H9BrN2O.C10H7BrN2.C9H6BrNO/c1-3-4-5-6-7-8-14-27-18-22(17-25(26)28)23-16-21(12-13-24(23)27)20-11-9-10-19(2)15-20;1-11-3-2-4-12(7-11)13-5-6-16-15(8-13)14(10-19-16)9-17(18)20;11-7-1-2-9-8(4-7)6(5-13-9)3-10(12)14;11-8-1-2-10-9(5-8)7(3-4-12)6-13-10;10-7-1-2-9-8(3-7)6(5-12)4-11-9/h9-13,15-16,18H,3-8,14,17H2,1-2H3,(H2,26,28);2-8,10,19H,9H2,1H3,(H2,18,20);1-2,4-5,13H,3H2,(H2,12,14);1-2,5-6,13H,3H2;1-5,11H. The van der Waals surface area contributed by atoms with E-state index < -0.39 is 0 Å². The molecule has 13 nitrogen and oxygen atoms in total. The maximum atomic E-state index is 11.6. The van der Waals surface area contributed by atoms with Crippen molar-refractivity contribution in [1.82, 2.24) is 24.5 Å². The number of rotatable bonds is 17. The summed E-state index contributed by atoms with van der Waals surface area (Å²) in [7, 11) is 0. The number of aromatic nitrogens is 5. The van der Waals surface area contributed by atoms with Gasteiger partial charge < -0.3 is 41.7 Å². The Balaban J connectivity index is 0.000000147. The van der Waals surface area contributed by atoms with Gasteiger partial charge in [-0.2, -0.15) is 5.26 Å². The van der Waals surface area contributed by atoms with Crippen molar-refractivity contribution in [3.05, 3.63) is 223 Å². The number of hydrogen-bond acceptors (Lipinski definition) is 5. The first kappa shape index (κ1) is 64.3. The molecule has 0 bridgehead atoms. The van der Waals surface area contributed by atoms with Gasteiger partial charge in [-0.25, -0.2) is 0 Å². The molecule has 0 saturated heterocycles. The monoisotopic (exact) mass is 1350 g/mol. The molecule has 12 aromatic rings. The van der Waals surface area contributed by atoms with Crippen LogP contribution in [0, 0.1) is 25.2 Å². The van der Waals surface area contributed by atoms with E-state index in [1.54, 1.807) is 6.20 Å². The number of benzene rings is 7. The van der Waals surface area contributed by atoms with Crippen molar-refractivity contribution < 1.29 is 19.2 Å². The SMILES string of the molecule is CCCCCCCCn1cc(CC(N)=O)c2cc(-c3cccc(C)c3)ccc21.Cc1cccc(-c2ccc3[nH]cc(CC(N)=O)c3c2)c1.N#CCc1c[nH]c2ccc(Br)cc12.NC(=O)Cc1c[nH]c2ccc(Br)cc12.O=Cc1c[nH]c2ccc(Br)cc12. The molecule has 16 heteroatoms. The molecule has 0 radical (unpaired) electrons. The van der Waals surface area contributed by atoms with Crippen LogP contribution in [0.5, 0.6) is 0 Å². The lowest BCUT2D eigenvalue weighted by Gasteiger charge is -2.07. The van der Waals surface area contributed by atoms with E-state index in [2.05, 4.69) is 184 Å². The Morgan fingerprint density at radius 1 is 0.494 bits per heavy atom. The number of primary amides is 3. The van der Waals surface area contributed by atoms with E-state index in [1.807, 2.05) is 79.3 Å². The molecule has 12 rings (SSSR count). The third-order valence-electron chi connectivity index (χ3n) is 14.8. The average molecular weight is 1350 g/mol. The van der Waals surface area contributed by atoms with Gasteiger partial charge in [-0.05, 0) is 144 Å². The molecule has 5 aromatic heterocycles. The van der Waals surface area contributed by atoms with E-state index in [-0.39, 0.29) is 37.0 Å². The zero-order valence-electron chi connectivity index (χ0n) is 48.9. The molecule has 87 heavy (non-hydrogen) atoms. The summed E-state index contributed by atoms with van der Waals surface area (Å²) in [5.74, 6) is -0.905. The highest BCUT2D eigenvalue weighted by atomic mass is 79.9. The number of carbonyl (C=O) groups excluding carboxylic acids is 4. The summed E-state index contributed by atoms with van der Waals surface area (Å²) in [6.45, 7) is 7.43. The molecule has 0 aliphatic rings. The first-order valence-electron chi connectivity index (χ1n) is 28.8. The second kappa shape index (κ2) is 31.1. The molecule has 10 N–H and O–H groups in total. The summed E-state index contributed by atoms with van der Waals surface area (Å²) in [5, 5.41) is 13.9. The summed E-state index contributed by atoms with van der Waals surface area (Å²) in [6, 6.07) is 49.6. The van der Waals surface area contributed by atoms with Crippen LogP contribution >= 0.6 is 47.8 Å². The minimum Gasteiger partial charge on any atom is -0.369 e. The molecular weight excluding hydrogens is 1280 g/mol. The average Bonchev–Trinajstić information content (AvgIpc) is 2.39. The van der Waals surface area contributed by atoms with Gasteiger partial charge in [0.05, 0.1) is 31.8 Å². The van der Waals surface area contributed by atoms with Crippen molar-refractivity contribution in [1.29, 1.82) is 5.26 Å². The zero-order valence-corrected chi connectivity index (χ0v) is 53.7. The van der Waals surface area contributed by atoms with Crippen LogP contribution in [-0.2, 0) is 46.6 Å². The number of nitrogens with one attached hydrogen (secondary N) is 4. The zero-order chi connectivity index (χ0) is 62.0. The fraction of sp³-hybridized carbons (Fsp3) is 0.197. The fourth-order valence-corrected chi connectivity index (χ4v) is 11.6. The number of aryl methyl sites for hydroxylation is 3. The Morgan fingerprint density at radius 2 is 0.920 bits per heavy atom. The highest BCUT2D eigenvalue weighted by Gasteiger charge is 2.14. The second-order valence-electron chi connectivity index (χ2n) is 21.5. The lowest BCUT2D eigenvalue weighted by Crippen LogP contribution is -2.13. The van der Waals surface area contributed by atoms with Gasteiger partial charge in [0.25, 0.3) is 0 Å². The van der Waals surface area contributed by atoms with Gasteiger partial charge >= 0.3 is 0 Å². The number of nitriles is 1. The van der Waals surface area contributed by atoms with Crippen LogP contribution in [0.4, 0.5) is 0 Å². The summed E-state index contributed by atoms with van der Waals surface area (Å²) in [4.78, 5) is 56.5. The number of aromatic amines is 4. The predicted octanol–water partition coefficient (Wildman–Crippen LogP) is 16.9. The van der Waals surface area contributed by atoms with Gasteiger partial charge in [0.15, 0.2) is 6.29 Å². The van der Waals surface area contributed by atoms with Crippen molar-refractivity contribution in [2.24, 2.45) is 17.2 Å². The van der Waals surface area contributed by atoms with Crippen molar-refractivity contribution in [3.8, 4) is 28.3 Å². The lowest BCUT2D eigenvalue weighted by molar-refractivity contribution is -0.118. The van der Waals surface area contributed by atoms with Crippen LogP contribution in [0.25, 0.3) is 76.8 Å². The van der Waals surface area contributed by atoms with Crippen LogP contribution in [0.3, 0.4) is 0 Å². The van der Waals surface area contributed by atoms with Crippen LogP contribution in [0.1, 0.15) is 89.2 Å². The maximum absolute atomic E-state index is 11.6. The minimum atomic E-state index is -0.314. The summed E-state index contributed by atoms with van der Waals surface area (Å²) >= 11 is 10.1. The highest BCUT2D eigenvalue weighted by Crippen LogP contribution is 2.31. The molecule has 0 atom stereocenters. The van der Waals surface area contributed by atoms with Gasteiger partial charge in [-0.15, -0.1) is 0 Å². The maximum Gasteiger partial charge on any atom is 0.221 e. The summed E-state index contributed by atoms with van der Waals surface area (Å²) in [5.41, 5.74) is 33.1. The van der Waals surface area contributed by atoms with E-state index in [1.165, 1.54) is 71.9 Å². The number of carbonyl (C=O) groups is 4. The highest BCUT2D eigenvalue weighted by molar-refractivity contribution is 9.11. The Morgan fingerprint density at radius 3 is 1.44 bits per heavy atom.